The number of ether oxygens (including phenoxy) is 2. The summed E-state index contributed by atoms with van der Waals surface area (Å²) in [5.41, 5.74) is 0. The highest BCUT2D eigenvalue weighted by Crippen LogP contribution is 2.05. The molecule has 18 heavy (non-hydrogen) atoms. The van der Waals surface area contributed by atoms with Gasteiger partial charge in [0.25, 0.3) is 0 Å². The fraction of sp³-hybridized carbons (Fsp3) is 1.00. The Bertz CT molecular complexity index is 188. The number of aliphatic hydroxyl groups is 3. The number of hydrogen-bond donors (Lipinski definition) is 3. The first-order chi connectivity index (χ1) is 8.51. The van der Waals surface area contributed by atoms with Crippen LogP contribution in [-0.4, -0.2) is 61.1 Å². The van der Waals surface area contributed by atoms with Gasteiger partial charge in [-0.3, -0.25) is 0 Å². The molecule has 0 radical (unpaired) electrons. The van der Waals surface area contributed by atoms with Crippen molar-refractivity contribution in [2.45, 2.75) is 26.9 Å². The van der Waals surface area contributed by atoms with Gasteiger partial charge in [-0.15, -0.1) is 0 Å². The predicted octanol–water partition coefficient (Wildman–Crippen LogP) is 0.273. The van der Waals surface area contributed by atoms with E-state index in [0.29, 0.717) is 26.4 Å². The van der Waals surface area contributed by atoms with Crippen molar-refractivity contribution in [2.75, 3.05) is 39.6 Å². The second kappa shape index (κ2) is 10.7. The third-order valence-electron chi connectivity index (χ3n) is 2.74. The fourth-order valence-corrected chi connectivity index (χ4v) is 1.32. The van der Waals surface area contributed by atoms with Crippen LogP contribution in [0.15, 0.2) is 0 Å². The summed E-state index contributed by atoms with van der Waals surface area (Å²) >= 11 is 0. The molecule has 0 saturated heterocycles. The fourth-order valence-electron chi connectivity index (χ4n) is 1.32. The van der Waals surface area contributed by atoms with E-state index in [0.717, 1.165) is 0 Å². The Balaban J connectivity index is 3.50. The van der Waals surface area contributed by atoms with Gasteiger partial charge in [0.15, 0.2) is 0 Å². The van der Waals surface area contributed by atoms with Gasteiger partial charge in [-0.2, -0.15) is 0 Å². The zero-order chi connectivity index (χ0) is 14.0. The summed E-state index contributed by atoms with van der Waals surface area (Å²) in [7, 11) is 0. The van der Waals surface area contributed by atoms with Crippen molar-refractivity contribution in [3.63, 3.8) is 0 Å². The van der Waals surface area contributed by atoms with Gasteiger partial charge in [0.2, 0.25) is 0 Å². The van der Waals surface area contributed by atoms with Crippen LogP contribution in [0, 0.1) is 17.8 Å². The van der Waals surface area contributed by atoms with Gasteiger partial charge in [0.05, 0.1) is 39.1 Å². The molecule has 0 spiro atoms. The van der Waals surface area contributed by atoms with E-state index in [1.54, 1.807) is 0 Å². The Hall–Kier alpha value is -0.200. The molecule has 0 rings (SSSR count). The van der Waals surface area contributed by atoms with E-state index in [2.05, 4.69) is 0 Å². The van der Waals surface area contributed by atoms with Gasteiger partial charge >= 0.3 is 0 Å². The van der Waals surface area contributed by atoms with Gasteiger partial charge in [0, 0.05) is 24.4 Å². The molecule has 0 fully saturated rings. The first-order valence-corrected chi connectivity index (χ1v) is 6.56. The van der Waals surface area contributed by atoms with Gasteiger partial charge in [-0.1, -0.05) is 20.8 Å². The maximum absolute atomic E-state index is 9.34. The number of aliphatic hydroxyl groups excluding tert-OH is 3. The van der Waals surface area contributed by atoms with E-state index < -0.39 is 6.10 Å². The molecule has 5 heteroatoms. The minimum absolute atomic E-state index is 0.0717. The molecule has 0 aliphatic rings. The highest BCUT2D eigenvalue weighted by molar-refractivity contribution is 4.62. The van der Waals surface area contributed by atoms with Crippen LogP contribution in [0.3, 0.4) is 0 Å². The molecule has 0 bridgehead atoms. The molecular formula is C13H28O5. The molecule has 0 saturated carbocycles. The number of rotatable bonds is 11. The van der Waals surface area contributed by atoms with Crippen LogP contribution in [0.1, 0.15) is 20.8 Å². The summed E-state index contributed by atoms with van der Waals surface area (Å²) in [5, 5.41) is 26.9. The molecule has 0 heterocycles. The standard InChI is InChI=1S/C13H28O5/c1-10(4-14)6-17-7-11(2)8-18-9-12(3)13(16)5-15/h10-16H,4-9H2,1-3H3. The maximum atomic E-state index is 9.34. The van der Waals surface area contributed by atoms with E-state index in [4.69, 9.17) is 19.7 Å². The summed E-state index contributed by atoms with van der Waals surface area (Å²) in [6.07, 6.45) is -0.720. The zero-order valence-corrected chi connectivity index (χ0v) is 11.7. The summed E-state index contributed by atoms with van der Waals surface area (Å²) in [4.78, 5) is 0. The largest absolute Gasteiger partial charge is 0.396 e. The van der Waals surface area contributed by atoms with Crippen molar-refractivity contribution >= 4 is 0 Å². The van der Waals surface area contributed by atoms with Gasteiger partial charge < -0.3 is 24.8 Å². The molecule has 0 aliphatic heterocycles. The third-order valence-corrected chi connectivity index (χ3v) is 2.74. The average molecular weight is 264 g/mol. The van der Waals surface area contributed by atoms with Crippen molar-refractivity contribution in [3.8, 4) is 0 Å². The van der Waals surface area contributed by atoms with Crippen LogP contribution in [0.5, 0.6) is 0 Å². The predicted molar refractivity (Wildman–Crippen MR) is 69.3 cm³/mol. The lowest BCUT2D eigenvalue weighted by Crippen LogP contribution is -2.27. The van der Waals surface area contributed by atoms with Crippen molar-refractivity contribution in [1.82, 2.24) is 0 Å². The highest BCUT2D eigenvalue weighted by atomic mass is 16.5. The van der Waals surface area contributed by atoms with E-state index >= 15 is 0 Å². The molecule has 3 N–H and O–H groups in total. The van der Waals surface area contributed by atoms with E-state index in [-0.39, 0.29) is 31.0 Å². The minimum atomic E-state index is -0.720. The van der Waals surface area contributed by atoms with E-state index in [1.165, 1.54) is 0 Å². The molecule has 0 aromatic heterocycles. The summed E-state index contributed by atoms with van der Waals surface area (Å²) in [5.74, 6) is 0.365. The second-order valence-electron chi connectivity index (χ2n) is 5.20. The molecule has 5 nitrogen and oxygen atoms in total. The SMILES string of the molecule is CC(CO)COCC(C)COCC(C)C(O)CO. The molecule has 0 amide bonds. The molecule has 0 aliphatic carbocycles. The Morgan fingerprint density at radius 3 is 1.78 bits per heavy atom. The molecule has 4 unspecified atom stereocenters. The Labute approximate surface area is 110 Å². The Morgan fingerprint density at radius 1 is 0.778 bits per heavy atom. The van der Waals surface area contributed by atoms with Gasteiger partial charge in [-0.25, -0.2) is 0 Å². The zero-order valence-electron chi connectivity index (χ0n) is 11.7. The smallest absolute Gasteiger partial charge is 0.0818 e. The summed E-state index contributed by atoms with van der Waals surface area (Å²) in [6.45, 7) is 7.85. The Morgan fingerprint density at radius 2 is 1.28 bits per heavy atom. The molecular weight excluding hydrogens is 236 g/mol. The monoisotopic (exact) mass is 264 g/mol. The number of hydrogen-bond acceptors (Lipinski definition) is 5. The third kappa shape index (κ3) is 8.83. The summed E-state index contributed by atoms with van der Waals surface area (Å²) < 4.78 is 10.9. The van der Waals surface area contributed by atoms with Crippen LogP contribution in [0.2, 0.25) is 0 Å². The highest BCUT2D eigenvalue weighted by Gasteiger charge is 2.13. The average Bonchev–Trinajstić information content (AvgIpc) is 2.37. The van der Waals surface area contributed by atoms with Crippen molar-refractivity contribution in [3.05, 3.63) is 0 Å². The lowest BCUT2D eigenvalue weighted by atomic mass is 10.1. The van der Waals surface area contributed by atoms with Crippen LogP contribution in [-0.2, 0) is 9.47 Å². The normalized spacial score (nSPS) is 18.3. The van der Waals surface area contributed by atoms with Gasteiger partial charge in [-0.05, 0) is 0 Å². The van der Waals surface area contributed by atoms with Crippen molar-refractivity contribution < 1.29 is 24.8 Å². The molecule has 0 aromatic carbocycles. The van der Waals surface area contributed by atoms with Gasteiger partial charge in [0.1, 0.15) is 0 Å². The van der Waals surface area contributed by atoms with Crippen LogP contribution < -0.4 is 0 Å². The first-order valence-electron chi connectivity index (χ1n) is 6.56. The van der Waals surface area contributed by atoms with Crippen molar-refractivity contribution in [1.29, 1.82) is 0 Å². The molecule has 110 valence electrons. The molecule has 0 aromatic rings. The minimum Gasteiger partial charge on any atom is -0.396 e. The second-order valence-corrected chi connectivity index (χ2v) is 5.20. The van der Waals surface area contributed by atoms with Crippen LogP contribution in [0.4, 0.5) is 0 Å². The van der Waals surface area contributed by atoms with E-state index in [1.807, 2.05) is 20.8 Å². The Kier molecular flexibility index (Phi) is 10.6. The van der Waals surface area contributed by atoms with E-state index in [9.17, 15) is 5.11 Å². The van der Waals surface area contributed by atoms with Crippen LogP contribution in [0.25, 0.3) is 0 Å². The first kappa shape index (κ1) is 17.8. The lowest BCUT2D eigenvalue weighted by Gasteiger charge is -2.19. The summed E-state index contributed by atoms with van der Waals surface area (Å²) in [6, 6.07) is 0. The topological polar surface area (TPSA) is 79.2 Å². The van der Waals surface area contributed by atoms with Crippen LogP contribution >= 0.6 is 0 Å². The van der Waals surface area contributed by atoms with Crippen molar-refractivity contribution in [2.24, 2.45) is 17.8 Å². The molecule has 4 atom stereocenters. The maximum Gasteiger partial charge on any atom is 0.0818 e. The quantitative estimate of drug-likeness (QED) is 0.499. The lowest BCUT2D eigenvalue weighted by molar-refractivity contribution is -0.0140.